The average Bonchev–Trinajstić information content (AvgIpc) is 2.57. The highest BCUT2D eigenvalue weighted by Gasteiger charge is 2.22. The molecule has 1 fully saturated rings. The van der Waals surface area contributed by atoms with Crippen LogP contribution in [0.4, 0.5) is 8.78 Å². The van der Waals surface area contributed by atoms with Gasteiger partial charge in [0.2, 0.25) is 0 Å². The van der Waals surface area contributed by atoms with Gasteiger partial charge in [0.05, 0.1) is 5.56 Å². The van der Waals surface area contributed by atoms with Crippen molar-refractivity contribution in [2.24, 2.45) is 5.92 Å². The van der Waals surface area contributed by atoms with Crippen molar-refractivity contribution in [3.05, 3.63) is 65.2 Å². The highest BCUT2D eigenvalue weighted by molar-refractivity contribution is 5.91. The zero-order chi connectivity index (χ0) is 17.1. The Morgan fingerprint density at radius 2 is 1.71 bits per heavy atom. The number of hydrogen-bond donors (Lipinski definition) is 0. The Balaban J connectivity index is 0.00000225. The molecule has 1 aliphatic carbocycles. The minimum absolute atomic E-state index is 0. The lowest BCUT2D eigenvalue weighted by molar-refractivity contribution is 0.0729. The Morgan fingerprint density at radius 1 is 1.04 bits per heavy atom. The van der Waals surface area contributed by atoms with E-state index in [-0.39, 0.29) is 12.7 Å². The lowest BCUT2D eigenvalue weighted by atomic mass is 9.79. The van der Waals surface area contributed by atoms with E-state index in [0.717, 1.165) is 37.2 Å². The Hall–Kier alpha value is -2.23. The van der Waals surface area contributed by atoms with E-state index in [0.29, 0.717) is 5.92 Å². The van der Waals surface area contributed by atoms with Crippen LogP contribution in [0.2, 0.25) is 0 Å². The van der Waals surface area contributed by atoms with Crippen molar-refractivity contribution < 1.29 is 19.7 Å². The summed E-state index contributed by atoms with van der Waals surface area (Å²) in [4.78, 5) is 12.1. The number of carbonyl (C=O) groups is 1. The average molecular weight is 332 g/mol. The van der Waals surface area contributed by atoms with Gasteiger partial charge in [-0.1, -0.05) is 25.8 Å². The number of halogens is 2. The molecule has 24 heavy (non-hydrogen) atoms. The lowest BCUT2D eigenvalue weighted by Crippen LogP contribution is -2.13. The molecule has 2 aromatic carbocycles. The van der Waals surface area contributed by atoms with Gasteiger partial charge in [-0.05, 0) is 66.6 Å². The topological polar surface area (TPSA) is 26.3 Å². The summed E-state index contributed by atoms with van der Waals surface area (Å²) in [6, 6.07) is 9.78. The molecule has 3 rings (SSSR count). The van der Waals surface area contributed by atoms with Crippen LogP contribution in [0.25, 0.3) is 0 Å². The van der Waals surface area contributed by atoms with Gasteiger partial charge in [-0.15, -0.1) is 0 Å². The number of esters is 1. The number of benzene rings is 2. The predicted molar refractivity (Wildman–Crippen MR) is 90.2 cm³/mol. The SMILES string of the molecule is CC1CCC(c2ccc(C(=O)Oc3ccc(F)cc3)c(F)c2)CC1.[HH]. The molecule has 4 heteroatoms. The third-order valence-corrected chi connectivity index (χ3v) is 4.72. The number of rotatable bonds is 3. The maximum atomic E-state index is 14.3. The third-order valence-electron chi connectivity index (χ3n) is 4.72. The van der Waals surface area contributed by atoms with Crippen LogP contribution in [0.1, 0.15) is 55.9 Å². The largest absolute Gasteiger partial charge is 0.423 e. The highest BCUT2D eigenvalue weighted by Crippen LogP contribution is 2.36. The molecule has 0 amide bonds. The fourth-order valence-electron chi connectivity index (χ4n) is 3.21. The molecule has 0 spiro atoms. The van der Waals surface area contributed by atoms with E-state index in [1.54, 1.807) is 0 Å². The molecule has 1 saturated carbocycles. The smallest absolute Gasteiger partial charge is 0.346 e. The van der Waals surface area contributed by atoms with Crippen molar-refractivity contribution in [3.63, 3.8) is 0 Å². The second-order valence-electron chi connectivity index (χ2n) is 6.54. The summed E-state index contributed by atoms with van der Waals surface area (Å²) in [7, 11) is 0. The molecule has 2 nitrogen and oxygen atoms in total. The summed E-state index contributed by atoms with van der Waals surface area (Å²) in [5.41, 5.74) is 0.838. The zero-order valence-corrected chi connectivity index (χ0v) is 13.6. The quantitative estimate of drug-likeness (QED) is 0.530. The highest BCUT2D eigenvalue weighted by atomic mass is 19.1. The molecule has 0 atom stereocenters. The summed E-state index contributed by atoms with van der Waals surface area (Å²) in [5.74, 6) is -0.492. The first-order chi connectivity index (χ1) is 11.5. The Bertz CT molecular complexity index is 723. The van der Waals surface area contributed by atoms with E-state index in [2.05, 4.69) is 6.92 Å². The van der Waals surface area contributed by atoms with Crippen LogP contribution >= 0.6 is 0 Å². The second kappa shape index (κ2) is 7.12. The number of carbonyl (C=O) groups excluding carboxylic acids is 1. The van der Waals surface area contributed by atoms with E-state index in [4.69, 9.17) is 4.74 Å². The normalized spacial score (nSPS) is 20.6. The minimum atomic E-state index is -0.775. The van der Waals surface area contributed by atoms with Crippen molar-refractivity contribution in [3.8, 4) is 5.75 Å². The van der Waals surface area contributed by atoms with Gasteiger partial charge >= 0.3 is 5.97 Å². The molecule has 0 bridgehead atoms. The molecule has 0 radical (unpaired) electrons. The third kappa shape index (κ3) is 3.81. The summed E-state index contributed by atoms with van der Waals surface area (Å²) in [6.45, 7) is 2.24. The number of hydrogen-bond acceptors (Lipinski definition) is 2. The molecule has 0 aromatic heterocycles. The maximum Gasteiger partial charge on any atom is 0.346 e. The van der Waals surface area contributed by atoms with Gasteiger partial charge in [0.15, 0.2) is 0 Å². The van der Waals surface area contributed by atoms with E-state index in [1.807, 2.05) is 6.07 Å². The first-order valence-electron chi connectivity index (χ1n) is 8.30. The van der Waals surface area contributed by atoms with Crippen molar-refractivity contribution in [2.45, 2.75) is 38.5 Å². The van der Waals surface area contributed by atoms with Crippen LogP contribution < -0.4 is 4.74 Å². The monoisotopic (exact) mass is 332 g/mol. The summed E-state index contributed by atoms with van der Waals surface area (Å²) < 4.78 is 32.3. The van der Waals surface area contributed by atoms with E-state index in [9.17, 15) is 13.6 Å². The van der Waals surface area contributed by atoms with Gasteiger partial charge in [-0.25, -0.2) is 13.6 Å². The van der Waals surface area contributed by atoms with Crippen molar-refractivity contribution >= 4 is 5.97 Å². The van der Waals surface area contributed by atoms with Crippen molar-refractivity contribution in [2.75, 3.05) is 0 Å². The Labute approximate surface area is 141 Å². The molecule has 0 N–H and O–H groups in total. The van der Waals surface area contributed by atoms with Gasteiger partial charge in [0, 0.05) is 1.43 Å². The van der Waals surface area contributed by atoms with Crippen molar-refractivity contribution in [1.29, 1.82) is 0 Å². The summed E-state index contributed by atoms with van der Waals surface area (Å²) >= 11 is 0. The molecular formula is C20H22F2O2. The molecule has 128 valence electrons. The van der Waals surface area contributed by atoms with Crippen LogP contribution in [0.15, 0.2) is 42.5 Å². The van der Waals surface area contributed by atoms with E-state index < -0.39 is 17.6 Å². The van der Waals surface area contributed by atoms with Gasteiger partial charge in [-0.2, -0.15) is 0 Å². The van der Waals surface area contributed by atoms with Crippen LogP contribution in [0, 0.1) is 17.6 Å². The summed E-state index contributed by atoms with van der Waals surface area (Å²) in [5, 5.41) is 0. The van der Waals surface area contributed by atoms with Crippen LogP contribution in [0.5, 0.6) is 5.75 Å². The molecule has 1 aliphatic rings. The molecule has 0 saturated heterocycles. The van der Waals surface area contributed by atoms with Crippen molar-refractivity contribution in [1.82, 2.24) is 0 Å². The Morgan fingerprint density at radius 3 is 2.33 bits per heavy atom. The molecule has 0 aliphatic heterocycles. The predicted octanol–water partition coefficient (Wildman–Crippen LogP) is 5.72. The second-order valence-corrected chi connectivity index (χ2v) is 6.54. The fourth-order valence-corrected chi connectivity index (χ4v) is 3.21. The van der Waals surface area contributed by atoms with E-state index >= 15 is 0 Å². The maximum absolute atomic E-state index is 14.3. The van der Waals surface area contributed by atoms with E-state index in [1.165, 1.54) is 36.4 Å². The number of ether oxygens (including phenoxy) is 1. The lowest BCUT2D eigenvalue weighted by Gasteiger charge is -2.26. The van der Waals surface area contributed by atoms with Gasteiger partial charge in [0.1, 0.15) is 17.4 Å². The minimum Gasteiger partial charge on any atom is -0.423 e. The van der Waals surface area contributed by atoms with Crippen LogP contribution in [-0.2, 0) is 0 Å². The standard InChI is InChI=1S/C20H20F2O2.H2/c1-13-2-4-14(5-3-13)15-6-11-18(19(22)12-15)20(23)24-17-9-7-16(21)8-10-17;/h6-14H,2-5H2,1H3;1H. The first kappa shape index (κ1) is 16.6. The Kier molecular flexibility index (Phi) is 4.93. The van der Waals surface area contributed by atoms with Gasteiger partial charge in [0.25, 0.3) is 0 Å². The molecular weight excluding hydrogens is 310 g/mol. The van der Waals surface area contributed by atoms with Gasteiger partial charge < -0.3 is 4.74 Å². The molecule has 2 aromatic rings. The molecule has 0 unspecified atom stereocenters. The fraction of sp³-hybridized carbons (Fsp3) is 0.350. The summed E-state index contributed by atoms with van der Waals surface area (Å²) in [6.07, 6.45) is 4.42. The first-order valence-corrected chi connectivity index (χ1v) is 8.30. The zero-order valence-electron chi connectivity index (χ0n) is 13.6. The molecule has 0 heterocycles. The van der Waals surface area contributed by atoms with Crippen LogP contribution in [0.3, 0.4) is 0 Å². The van der Waals surface area contributed by atoms with Gasteiger partial charge in [-0.3, -0.25) is 0 Å². The van der Waals surface area contributed by atoms with Crippen LogP contribution in [-0.4, -0.2) is 5.97 Å².